The molecule has 0 unspecified atom stereocenters. The van der Waals surface area contributed by atoms with E-state index in [2.05, 4.69) is 10.1 Å². The van der Waals surface area contributed by atoms with Crippen LogP contribution in [0.25, 0.3) is 5.82 Å². The fraction of sp³-hybridized carbons (Fsp3) is 0. The van der Waals surface area contributed by atoms with Crippen molar-refractivity contribution in [2.24, 2.45) is 0 Å². The van der Waals surface area contributed by atoms with Crippen LogP contribution in [0.2, 0.25) is 5.02 Å². The molecular weight excluding hydrogens is 207 g/mol. The van der Waals surface area contributed by atoms with Gasteiger partial charge in [0.05, 0.1) is 12.4 Å². The minimum atomic E-state index is -0.403. The molecule has 2 aromatic heterocycles. The van der Waals surface area contributed by atoms with E-state index in [-0.39, 0.29) is 5.82 Å². The lowest BCUT2D eigenvalue weighted by Crippen LogP contribution is -1.98. The number of aromatic nitrogens is 3. The molecule has 0 amide bonds. The highest BCUT2D eigenvalue weighted by molar-refractivity contribution is 6.32. The molecule has 0 spiro atoms. The molecule has 2 rings (SSSR count). The summed E-state index contributed by atoms with van der Waals surface area (Å²) in [5, 5.41) is 4.23. The van der Waals surface area contributed by atoms with Gasteiger partial charge in [0.25, 0.3) is 0 Å². The molecule has 72 valence electrons. The van der Waals surface area contributed by atoms with Crippen LogP contribution in [-0.2, 0) is 0 Å². The molecule has 2 heterocycles. The monoisotopic (exact) mass is 212 g/mol. The minimum Gasteiger partial charge on any atom is -0.381 e. The van der Waals surface area contributed by atoms with Gasteiger partial charge in [0, 0.05) is 0 Å². The number of rotatable bonds is 1. The highest BCUT2D eigenvalue weighted by Gasteiger charge is 2.05. The number of nitrogens with zero attached hydrogens (tertiary/aromatic N) is 3. The molecule has 0 atom stereocenters. The van der Waals surface area contributed by atoms with E-state index >= 15 is 0 Å². The van der Waals surface area contributed by atoms with Crippen molar-refractivity contribution in [3.63, 3.8) is 0 Å². The van der Waals surface area contributed by atoms with Crippen molar-refractivity contribution in [1.29, 1.82) is 0 Å². The zero-order valence-electron chi connectivity index (χ0n) is 6.98. The lowest BCUT2D eigenvalue weighted by atomic mass is 10.4. The Balaban J connectivity index is 2.44. The van der Waals surface area contributed by atoms with E-state index in [1.807, 2.05) is 0 Å². The Morgan fingerprint density at radius 1 is 1.43 bits per heavy atom. The van der Waals surface area contributed by atoms with Crippen LogP contribution in [-0.4, -0.2) is 14.8 Å². The maximum absolute atomic E-state index is 12.5. The first-order chi connectivity index (χ1) is 6.66. The molecular formula is C8H6ClFN4. The Bertz CT molecular complexity index is 431. The zero-order valence-corrected chi connectivity index (χ0v) is 7.74. The summed E-state index contributed by atoms with van der Waals surface area (Å²) >= 11 is 5.70. The summed E-state index contributed by atoms with van der Waals surface area (Å²) in [5.41, 5.74) is 5.44. The van der Waals surface area contributed by atoms with Crippen LogP contribution < -0.4 is 5.73 Å². The molecule has 0 aliphatic rings. The van der Waals surface area contributed by atoms with E-state index in [9.17, 15) is 4.39 Å². The topological polar surface area (TPSA) is 56.7 Å². The molecule has 4 nitrogen and oxygen atoms in total. The molecule has 2 N–H and O–H groups in total. The fourth-order valence-corrected chi connectivity index (χ4v) is 1.12. The second-order valence-corrected chi connectivity index (χ2v) is 3.05. The van der Waals surface area contributed by atoms with Crippen LogP contribution in [0.1, 0.15) is 0 Å². The zero-order chi connectivity index (χ0) is 10.1. The van der Waals surface area contributed by atoms with Gasteiger partial charge in [-0.05, 0) is 12.1 Å². The predicted octanol–water partition coefficient (Wildman–Crippen LogP) is 1.64. The van der Waals surface area contributed by atoms with Crippen molar-refractivity contribution < 1.29 is 4.39 Å². The number of anilines is 1. The maximum Gasteiger partial charge on any atom is 0.164 e. The molecule has 0 radical (unpaired) electrons. The van der Waals surface area contributed by atoms with Gasteiger partial charge >= 0.3 is 0 Å². The fourth-order valence-electron chi connectivity index (χ4n) is 0.987. The molecule has 2 aromatic rings. The van der Waals surface area contributed by atoms with E-state index in [1.54, 1.807) is 0 Å². The lowest BCUT2D eigenvalue weighted by Gasteiger charge is -1.97. The van der Waals surface area contributed by atoms with Crippen LogP contribution in [0.5, 0.6) is 0 Å². The van der Waals surface area contributed by atoms with E-state index in [1.165, 1.54) is 23.0 Å². The first kappa shape index (κ1) is 8.96. The van der Waals surface area contributed by atoms with Gasteiger partial charge in [-0.25, -0.2) is 14.1 Å². The van der Waals surface area contributed by atoms with Crippen molar-refractivity contribution >= 4 is 17.4 Å². The SMILES string of the molecule is Nc1nn(-c2ccc(F)cn2)cc1Cl. The Labute approximate surface area is 84.1 Å². The van der Waals surface area contributed by atoms with Gasteiger partial charge in [-0.1, -0.05) is 11.6 Å². The average molecular weight is 213 g/mol. The standard InChI is InChI=1S/C8H6ClFN4/c9-6-4-14(13-8(6)11)7-2-1-5(10)3-12-7/h1-4H,(H2,11,13). The Hall–Kier alpha value is -1.62. The first-order valence-corrected chi connectivity index (χ1v) is 4.17. The van der Waals surface area contributed by atoms with Crippen molar-refractivity contribution in [2.45, 2.75) is 0 Å². The average Bonchev–Trinajstić information content (AvgIpc) is 2.48. The van der Waals surface area contributed by atoms with Gasteiger partial charge in [0.1, 0.15) is 10.8 Å². The molecule has 0 saturated heterocycles. The Morgan fingerprint density at radius 3 is 2.71 bits per heavy atom. The Morgan fingerprint density at radius 2 is 2.21 bits per heavy atom. The lowest BCUT2D eigenvalue weighted by molar-refractivity contribution is 0.619. The molecule has 0 fully saturated rings. The summed E-state index contributed by atoms with van der Waals surface area (Å²) in [5.74, 6) is 0.280. The smallest absolute Gasteiger partial charge is 0.164 e. The summed E-state index contributed by atoms with van der Waals surface area (Å²) in [6, 6.07) is 2.77. The van der Waals surface area contributed by atoms with Crippen molar-refractivity contribution in [1.82, 2.24) is 14.8 Å². The van der Waals surface area contributed by atoms with Gasteiger partial charge in [0.15, 0.2) is 11.6 Å². The quantitative estimate of drug-likeness (QED) is 0.782. The summed E-state index contributed by atoms with van der Waals surface area (Å²) in [6.07, 6.45) is 2.61. The Kier molecular flexibility index (Phi) is 2.09. The van der Waals surface area contributed by atoms with Crippen LogP contribution in [0, 0.1) is 5.82 Å². The highest BCUT2D eigenvalue weighted by atomic mass is 35.5. The van der Waals surface area contributed by atoms with Crippen LogP contribution in [0.15, 0.2) is 24.5 Å². The van der Waals surface area contributed by atoms with Crippen molar-refractivity contribution in [2.75, 3.05) is 5.73 Å². The second-order valence-electron chi connectivity index (χ2n) is 2.64. The first-order valence-electron chi connectivity index (χ1n) is 3.79. The van der Waals surface area contributed by atoms with Gasteiger partial charge in [-0.2, -0.15) is 0 Å². The van der Waals surface area contributed by atoms with E-state index in [0.29, 0.717) is 10.8 Å². The summed E-state index contributed by atoms with van der Waals surface area (Å²) in [6.45, 7) is 0. The molecule has 0 saturated carbocycles. The van der Waals surface area contributed by atoms with Crippen LogP contribution in [0.4, 0.5) is 10.2 Å². The number of nitrogen functional groups attached to an aromatic ring is 1. The molecule has 0 bridgehead atoms. The molecule has 0 aliphatic carbocycles. The third-order valence-electron chi connectivity index (χ3n) is 1.64. The molecule has 0 aromatic carbocycles. The van der Waals surface area contributed by atoms with Crippen LogP contribution in [0.3, 0.4) is 0 Å². The summed E-state index contributed by atoms with van der Waals surface area (Å²) in [7, 11) is 0. The molecule has 14 heavy (non-hydrogen) atoms. The third kappa shape index (κ3) is 1.54. The van der Waals surface area contributed by atoms with Gasteiger partial charge in [-0.3, -0.25) is 0 Å². The highest BCUT2D eigenvalue weighted by Crippen LogP contribution is 2.17. The number of nitrogens with two attached hydrogens (primary N) is 1. The van der Waals surface area contributed by atoms with Crippen molar-refractivity contribution in [3.8, 4) is 5.82 Å². The minimum absolute atomic E-state index is 0.220. The third-order valence-corrected chi connectivity index (χ3v) is 1.93. The van der Waals surface area contributed by atoms with Crippen LogP contribution >= 0.6 is 11.6 Å². The molecule has 0 aliphatic heterocycles. The van der Waals surface area contributed by atoms with E-state index in [4.69, 9.17) is 17.3 Å². The summed E-state index contributed by atoms with van der Waals surface area (Å²) < 4.78 is 13.9. The van der Waals surface area contributed by atoms with Crippen molar-refractivity contribution in [3.05, 3.63) is 35.4 Å². The number of pyridine rings is 1. The number of hydrogen-bond acceptors (Lipinski definition) is 3. The van der Waals surface area contributed by atoms with Gasteiger partial charge < -0.3 is 5.73 Å². The predicted molar refractivity (Wildman–Crippen MR) is 50.7 cm³/mol. The second kappa shape index (κ2) is 3.26. The normalized spacial score (nSPS) is 10.4. The van der Waals surface area contributed by atoms with Gasteiger partial charge in [-0.15, -0.1) is 5.10 Å². The number of halogens is 2. The van der Waals surface area contributed by atoms with E-state index in [0.717, 1.165) is 6.20 Å². The summed E-state index contributed by atoms with van der Waals surface area (Å²) in [4.78, 5) is 3.81. The number of hydrogen-bond donors (Lipinski definition) is 1. The van der Waals surface area contributed by atoms with Gasteiger partial charge in [0.2, 0.25) is 0 Å². The van der Waals surface area contributed by atoms with E-state index < -0.39 is 5.82 Å². The molecule has 6 heteroatoms. The largest absolute Gasteiger partial charge is 0.381 e. The maximum atomic E-state index is 12.5.